The number of likely N-dealkylation sites (tertiary alicyclic amines) is 1. The second-order valence-corrected chi connectivity index (χ2v) is 8.03. The number of nitrogens with zero attached hydrogens (tertiary/aromatic N) is 2. The van der Waals surface area contributed by atoms with E-state index >= 15 is 0 Å². The van der Waals surface area contributed by atoms with E-state index in [1.807, 2.05) is 0 Å². The zero-order valence-corrected chi connectivity index (χ0v) is 18.4. The molecule has 32 heavy (non-hydrogen) atoms. The highest BCUT2D eigenvalue weighted by Gasteiger charge is 2.32. The molecule has 0 bridgehead atoms. The number of rotatable bonds is 6. The maximum atomic E-state index is 13.8. The number of nitrogens with one attached hydrogen (secondary N) is 1. The van der Waals surface area contributed by atoms with Crippen LogP contribution in [-0.2, 0) is 9.59 Å². The number of carbonyl (C=O) groups is 3. The van der Waals surface area contributed by atoms with Crippen molar-refractivity contribution in [3.63, 3.8) is 0 Å². The Labute approximate surface area is 190 Å². The molecule has 1 N–H and O–H groups in total. The first kappa shape index (κ1) is 23.7. The van der Waals surface area contributed by atoms with Crippen LogP contribution < -0.4 is 5.32 Å². The maximum absolute atomic E-state index is 13.8. The molecule has 9 heteroatoms. The van der Waals surface area contributed by atoms with Crippen molar-refractivity contribution in [3.8, 4) is 0 Å². The van der Waals surface area contributed by atoms with Crippen LogP contribution in [0, 0.1) is 17.6 Å². The first-order chi connectivity index (χ1) is 15.3. The number of para-hydroxylation sites is 1. The molecule has 0 saturated carbocycles. The Kier molecular flexibility index (Phi) is 7.80. The van der Waals surface area contributed by atoms with Crippen LogP contribution in [-0.4, -0.2) is 53.7 Å². The van der Waals surface area contributed by atoms with Crippen molar-refractivity contribution >= 4 is 35.0 Å². The van der Waals surface area contributed by atoms with E-state index < -0.39 is 29.1 Å². The molecule has 2 aromatic carbocycles. The number of hydrogen-bond acceptors (Lipinski definition) is 3. The number of hydrogen-bond donors (Lipinski definition) is 1. The molecular formula is C23H24ClF2N3O3. The van der Waals surface area contributed by atoms with Crippen LogP contribution in [0.1, 0.15) is 30.1 Å². The molecule has 0 radical (unpaired) electrons. The summed E-state index contributed by atoms with van der Waals surface area (Å²) in [6, 6.07) is 9.82. The van der Waals surface area contributed by atoms with Crippen molar-refractivity contribution < 1.29 is 23.2 Å². The van der Waals surface area contributed by atoms with Crippen molar-refractivity contribution in [2.45, 2.75) is 19.8 Å². The molecule has 1 aliphatic rings. The molecule has 6 nitrogen and oxygen atoms in total. The minimum absolute atomic E-state index is 0.185. The number of amides is 3. The fourth-order valence-corrected chi connectivity index (χ4v) is 3.84. The van der Waals surface area contributed by atoms with Crippen LogP contribution in [0.3, 0.4) is 0 Å². The third kappa shape index (κ3) is 5.62. The van der Waals surface area contributed by atoms with Crippen LogP contribution in [0.5, 0.6) is 0 Å². The van der Waals surface area contributed by atoms with E-state index in [0.29, 0.717) is 30.0 Å². The molecule has 1 atom stereocenters. The van der Waals surface area contributed by atoms with Crippen molar-refractivity contribution in [1.82, 2.24) is 9.80 Å². The van der Waals surface area contributed by atoms with Gasteiger partial charge in [-0.1, -0.05) is 17.7 Å². The molecule has 0 aromatic heterocycles. The molecule has 1 aliphatic heterocycles. The Morgan fingerprint density at radius 3 is 2.41 bits per heavy atom. The summed E-state index contributed by atoms with van der Waals surface area (Å²) in [5.74, 6) is -3.40. The Morgan fingerprint density at radius 2 is 1.78 bits per heavy atom. The van der Waals surface area contributed by atoms with E-state index in [9.17, 15) is 23.2 Å². The molecule has 2 aromatic rings. The highest BCUT2D eigenvalue weighted by atomic mass is 35.5. The van der Waals surface area contributed by atoms with Gasteiger partial charge in [0, 0.05) is 30.2 Å². The lowest BCUT2D eigenvalue weighted by Crippen LogP contribution is -2.48. The Hall–Kier alpha value is -3.00. The van der Waals surface area contributed by atoms with Crippen molar-refractivity contribution in [3.05, 3.63) is 64.7 Å². The van der Waals surface area contributed by atoms with Gasteiger partial charge in [-0.2, -0.15) is 0 Å². The number of anilines is 1. The van der Waals surface area contributed by atoms with Gasteiger partial charge in [0.15, 0.2) is 0 Å². The SMILES string of the molecule is CCN(CC(=O)Nc1c(F)cccc1F)C(=O)[C@H]1CCCN(C(=O)c2ccc(Cl)cc2)C1. The highest BCUT2D eigenvalue weighted by molar-refractivity contribution is 6.30. The van der Waals surface area contributed by atoms with Crippen molar-refractivity contribution in [2.24, 2.45) is 5.92 Å². The topological polar surface area (TPSA) is 69.7 Å². The number of benzene rings is 2. The van der Waals surface area contributed by atoms with Gasteiger partial charge in [0.25, 0.3) is 5.91 Å². The molecule has 0 spiro atoms. The van der Waals surface area contributed by atoms with Gasteiger partial charge in [0.2, 0.25) is 11.8 Å². The Balaban J connectivity index is 1.63. The number of likely N-dealkylation sites (N-methyl/N-ethyl adjacent to an activating group) is 1. The highest BCUT2D eigenvalue weighted by Crippen LogP contribution is 2.22. The molecule has 3 rings (SSSR count). The largest absolute Gasteiger partial charge is 0.338 e. The van der Waals surface area contributed by atoms with Crippen LogP contribution in [0.4, 0.5) is 14.5 Å². The standard InChI is InChI=1S/C23H24ClF2N3O3/c1-2-28(14-20(30)27-21-18(25)6-3-7-19(21)26)23(32)16-5-4-12-29(13-16)22(31)15-8-10-17(24)11-9-15/h3,6-11,16H,2,4-5,12-14H2,1H3,(H,27,30)/t16-/m0/s1. The molecular weight excluding hydrogens is 440 g/mol. The lowest BCUT2D eigenvalue weighted by molar-refractivity contribution is -0.139. The predicted octanol–water partition coefficient (Wildman–Crippen LogP) is 3.96. The fraction of sp³-hybridized carbons (Fsp3) is 0.348. The second-order valence-electron chi connectivity index (χ2n) is 7.59. The normalized spacial score (nSPS) is 15.9. The van der Waals surface area contributed by atoms with Gasteiger partial charge in [-0.3, -0.25) is 14.4 Å². The molecule has 0 unspecified atom stereocenters. The molecule has 0 aliphatic carbocycles. The van der Waals surface area contributed by atoms with E-state index in [-0.39, 0.29) is 31.4 Å². The predicted molar refractivity (Wildman–Crippen MR) is 117 cm³/mol. The second kappa shape index (κ2) is 10.5. The van der Waals surface area contributed by atoms with Crippen molar-refractivity contribution in [2.75, 3.05) is 31.5 Å². The van der Waals surface area contributed by atoms with Crippen LogP contribution >= 0.6 is 11.6 Å². The van der Waals surface area contributed by atoms with E-state index in [0.717, 1.165) is 12.1 Å². The first-order valence-electron chi connectivity index (χ1n) is 10.4. The van der Waals surface area contributed by atoms with Gasteiger partial charge >= 0.3 is 0 Å². The van der Waals surface area contributed by atoms with E-state index in [1.54, 1.807) is 36.1 Å². The molecule has 1 fully saturated rings. The van der Waals surface area contributed by atoms with Gasteiger partial charge in [-0.15, -0.1) is 0 Å². The summed E-state index contributed by atoms with van der Waals surface area (Å²) in [7, 11) is 0. The van der Waals surface area contributed by atoms with E-state index in [1.165, 1.54) is 11.0 Å². The number of carbonyl (C=O) groups excluding carboxylic acids is 3. The van der Waals surface area contributed by atoms with E-state index in [4.69, 9.17) is 11.6 Å². The van der Waals surface area contributed by atoms with Crippen LogP contribution in [0.2, 0.25) is 5.02 Å². The van der Waals surface area contributed by atoms with Crippen LogP contribution in [0.15, 0.2) is 42.5 Å². The van der Waals surface area contributed by atoms with Crippen molar-refractivity contribution in [1.29, 1.82) is 0 Å². The van der Waals surface area contributed by atoms with Gasteiger partial charge in [-0.25, -0.2) is 8.78 Å². The monoisotopic (exact) mass is 463 g/mol. The molecule has 170 valence electrons. The summed E-state index contributed by atoms with van der Waals surface area (Å²) in [5, 5.41) is 2.72. The third-order valence-corrected chi connectivity index (χ3v) is 5.66. The summed E-state index contributed by atoms with van der Waals surface area (Å²) in [6.07, 6.45) is 1.24. The minimum atomic E-state index is -0.892. The lowest BCUT2D eigenvalue weighted by Gasteiger charge is -2.34. The molecule has 3 amide bonds. The quantitative estimate of drug-likeness (QED) is 0.705. The Morgan fingerprint density at radius 1 is 1.12 bits per heavy atom. The van der Waals surface area contributed by atoms with Crippen LogP contribution in [0.25, 0.3) is 0 Å². The number of piperidine rings is 1. The molecule has 1 heterocycles. The fourth-order valence-electron chi connectivity index (χ4n) is 3.71. The molecule has 1 saturated heterocycles. The van der Waals surface area contributed by atoms with Gasteiger partial charge < -0.3 is 15.1 Å². The average molecular weight is 464 g/mol. The zero-order valence-electron chi connectivity index (χ0n) is 17.6. The Bertz CT molecular complexity index is 980. The summed E-state index contributed by atoms with van der Waals surface area (Å²) in [5.41, 5.74) is -0.0560. The first-order valence-corrected chi connectivity index (χ1v) is 10.8. The van der Waals surface area contributed by atoms with E-state index in [2.05, 4.69) is 5.32 Å². The summed E-state index contributed by atoms with van der Waals surface area (Å²) >= 11 is 5.88. The smallest absolute Gasteiger partial charge is 0.253 e. The number of halogens is 3. The zero-order chi connectivity index (χ0) is 23.3. The lowest BCUT2D eigenvalue weighted by atomic mass is 9.95. The third-order valence-electron chi connectivity index (χ3n) is 5.40. The van der Waals surface area contributed by atoms with Gasteiger partial charge in [0.05, 0.1) is 12.5 Å². The van der Waals surface area contributed by atoms with Gasteiger partial charge in [0.1, 0.15) is 17.3 Å². The summed E-state index contributed by atoms with van der Waals surface area (Å²) < 4.78 is 27.6. The summed E-state index contributed by atoms with van der Waals surface area (Å²) in [6.45, 7) is 2.39. The maximum Gasteiger partial charge on any atom is 0.253 e. The summed E-state index contributed by atoms with van der Waals surface area (Å²) in [4.78, 5) is 41.1. The minimum Gasteiger partial charge on any atom is -0.338 e. The average Bonchev–Trinajstić information content (AvgIpc) is 2.79. The van der Waals surface area contributed by atoms with Gasteiger partial charge in [-0.05, 0) is 56.2 Å².